The molecule has 0 atom stereocenters. The smallest absolute Gasteiger partial charge is 0.142 e. The van der Waals surface area contributed by atoms with Gasteiger partial charge in [-0.2, -0.15) is 0 Å². The van der Waals surface area contributed by atoms with Gasteiger partial charge < -0.3 is 20.1 Å². The average Bonchev–Trinajstić information content (AvgIpc) is 2.37. The largest absolute Gasteiger partial charge is 0.491 e. The van der Waals surface area contributed by atoms with Crippen LogP contribution in [0.25, 0.3) is 0 Å². The van der Waals surface area contributed by atoms with Crippen molar-refractivity contribution in [3.63, 3.8) is 0 Å². The highest BCUT2D eigenvalue weighted by Crippen LogP contribution is 2.19. The van der Waals surface area contributed by atoms with E-state index in [1.807, 2.05) is 31.2 Å². The molecule has 4 heteroatoms. The monoisotopic (exact) mass is 252 g/mol. The van der Waals surface area contributed by atoms with E-state index in [9.17, 15) is 0 Å². The Hall–Kier alpha value is -1.26. The van der Waals surface area contributed by atoms with Crippen molar-refractivity contribution in [1.29, 1.82) is 0 Å². The molecule has 0 spiro atoms. The molecule has 0 aliphatic rings. The maximum absolute atomic E-state index is 5.79. The molecule has 0 aromatic heterocycles. The van der Waals surface area contributed by atoms with Crippen molar-refractivity contribution in [2.75, 3.05) is 45.7 Å². The molecule has 0 saturated carbocycles. The van der Waals surface area contributed by atoms with Gasteiger partial charge in [-0.15, -0.1) is 0 Å². The summed E-state index contributed by atoms with van der Waals surface area (Å²) in [6.07, 6.45) is 0.983. The van der Waals surface area contributed by atoms with Crippen molar-refractivity contribution in [1.82, 2.24) is 4.90 Å². The van der Waals surface area contributed by atoms with Gasteiger partial charge in [-0.25, -0.2) is 0 Å². The Morgan fingerprint density at radius 3 is 2.67 bits per heavy atom. The van der Waals surface area contributed by atoms with Crippen molar-refractivity contribution in [2.24, 2.45) is 0 Å². The Morgan fingerprint density at radius 2 is 1.94 bits per heavy atom. The van der Waals surface area contributed by atoms with E-state index in [-0.39, 0.29) is 0 Å². The van der Waals surface area contributed by atoms with E-state index in [4.69, 9.17) is 15.2 Å². The molecule has 0 heterocycles. The number of ether oxygens (including phenoxy) is 2. The predicted octanol–water partition coefficient (Wildman–Crippen LogP) is 2.01. The van der Waals surface area contributed by atoms with Gasteiger partial charge in [0.05, 0.1) is 18.9 Å². The first-order valence-corrected chi connectivity index (χ1v) is 6.47. The summed E-state index contributed by atoms with van der Waals surface area (Å²) in [5.74, 6) is 0.773. The van der Waals surface area contributed by atoms with Crippen LogP contribution in [0.1, 0.15) is 13.3 Å². The van der Waals surface area contributed by atoms with Crippen molar-refractivity contribution >= 4 is 5.69 Å². The molecule has 0 aliphatic heterocycles. The molecule has 0 amide bonds. The Morgan fingerprint density at radius 1 is 1.17 bits per heavy atom. The molecule has 2 N–H and O–H groups in total. The van der Waals surface area contributed by atoms with Crippen LogP contribution in [0.3, 0.4) is 0 Å². The van der Waals surface area contributed by atoms with Gasteiger partial charge >= 0.3 is 0 Å². The molecule has 0 unspecified atom stereocenters. The number of nitrogen functional groups attached to an aromatic ring is 1. The summed E-state index contributed by atoms with van der Waals surface area (Å²) in [7, 11) is 2.09. The summed E-state index contributed by atoms with van der Waals surface area (Å²) < 4.78 is 10.9. The summed E-state index contributed by atoms with van der Waals surface area (Å²) in [5.41, 5.74) is 6.49. The maximum atomic E-state index is 5.79. The van der Waals surface area contributed by atoms with Crippen LogP contribution >= 0.6 is 0 Å². The number of hydrogen-bond donors (Lipinski definition) is 1. The first-order valence-electron chi connectivity index (χ1n) is 6.47. The topological polar surface area (TPSA) is 47.7 Å². The number of para-hydroxylation sites is 2. The molecule has 1 aromatic carbocycles. The van der Waals surface area contributed by atoms with Crippen molar-refractivity contribution in [3.05, 3.63) is 24.3 Å². The molecule has 0 aliphatic carbocycles. The van der Waals surface area contributed by atoms with Crippen LogP contribution in [0.15, 0.2) is 24.3 Å². The van der Waals surface area contributed by atoms with E-state index in [2.05, 4.69) is 11.9 Å². The predicted molar refractivity (Wildman–Crippen MR) is 75.0 cm³/mol. The lowest BCUT2D eigenvalue weighted by atomic mass is 10.3. The zero-order valence-electron chi connectivity index (χ0n) is 11.4. The van der Waals surface area contributed by atoms with E-state index >= 15 is 0 Å². The first-order chi connectivity index (χ1) is 8.74. The normalized spacial score (nSPS) is 10.8. The molecule has 102 valence electrons. The van der Waals surface area contributed by atoms with E-state index < -0.39 is 0 Å². The minimum absolute atomic E-state index is 0.688. The van der Waals surface area contributed by atoms with Crippen LogP contribution in [-0.2, 0) is 4.74 Å². The third-order valence-corrected chi connectivity index (χ3v) is 2.68. The minimum atomic E-state index is 0.688. The fourth-order valence-corrected chi connectivity index (χ4v) is 1.61. The number of nitrogens with two attached hydrogens (primary N) is 1. The Kier molecular flexibility index (Phi) is 7.22. The highest BCUT2D eigenvalue weighted by atomic mass is 16.5. The fraction of sp³-hybridized carbons (Fsp3) is 0.571. The molecule has 0 saturated heterocycles. The van der Waals surface area contributed by atoms with Gasteiger partial charge in [0.25, 0.3) is 0 Å². The number of nitrogens with zero attached hydrogens (tertiary/aromatic N) is 1. The summed E-state index contributed by atoms with van der Waals surface area (Å²) in [6.45, 7) is 6.23. The highest BCUT2D eigenvalue weighted by molar-refractivity contribution is 5.51. The number of rotatable bonds is 9. The second-order valence-electron chi connectivity index (χ2n) is 4.24. The third kappa shape index (κ3) is 5.89. The van der Waals surface area contributed by atoms with Crippen LogP contribution in [0, 0.1) is 0 Å². The number of benzene rings is 1. The standard InChI is InChI=1S/C14H24N2O2/c1-3-17-12-10-16(2)9-6-11-18-14-8-5-4-7-13(14)15/h4-5,7-8H,3,6,9-12,15H2,1-2H3. The molecule has 18 heavy (non-hydrogen) atoms. The van der Waals surface area contributed by atoms with E-state index in [1.54, 1.807) is 0 Å². The molecule has 0 fully saturated rings. The van der Waals surface area contributed by atoms with Gasteiger partial charge in [0.15, 0.2) is 0 Å². The van der Waals surface area contributed by atoms with E-state index in [0.29, 0.717) is 12.3 Å². The quantitative estimate of drug-likeness (QED) is 0.539. The lowest BCUT2D eigenvalue weighted by Gasteiger charge is -2.16. The number of likely N-dealkylation sites (N-methyl/N-ethyl adjacent to an activating group) is 1. The SMILES string of the molecule is CCOCCN(C)CCCOc1ccccc1N. The fourth-order valence-electron chi connectivity index (χ4n) is 1.61. The van der Waals surface area contributed by atoms with E-state index in [1.165, 1.54) is 0 Å². The number of anilines is 1. The third-order valence-electron chi connectivity index (χ3n) is 2.68. The van der Waals surface area contributed by atoms with Gasteiger partial charge in [-0.1, -0.05) is 12.1 Å². The van der Waals surface area contributed by atoms with Gasteiger partial charge in [0, 0.05) is 19.7 Å². The van der Waals surface area contributed by atoms with Gasteiger partial charge in [-0.3, -0.25) is 0 Å². The Bertz CT molecular complexity index is 331. The van der Waals surface area contributed by atoms with Crippen molar-refractivity contribution < 1.29 is 9.47 Å². The zero-order valence-corrected chi connectivity index (χ0v) is 11.4. The lowest BCUT2D eigenvalue weighted by molar-refractivity contribution is 0.120. The van der Waals surface area contributed by atoms with Crippen LogP contribution in [0.2, 0.25) is 0 Å². The van der Waals surface area contributed by atoms with Gasteiger partial charge in [-0.05, 0) is 32.5 Å². The van der Waals surface area contributed by atoms with E-state index in [0.717, 1.165) is 38.5 Å². The summed E-state index contributed by atoms with van der Waals surface area (Å²) in [4.78, 5) is 2.24. The highest BCUT2D eigenvalue weighted by Gasteiger charge is 2.00. The molecule has 4 nitrogen and oxygen atoms in total. The molecular formula is C14H24N2O2. The summed E-state index contributed by atoms with van der Waals surface area (Å²) >= 11 is 0. The average molecular weight is 252 g/mol. The molecule has 0 bridgehead atoms. The van der Waals surface area contributed by atoms with Crippen LogP contribution < -0.4 is 10.5 Å². The summed E-state index contributed by atoms with van der Waals surface area (Å²) in [6, 6.07) is 7.58. The Labute approximate surface area is 110 Å². The second-order valence-corrected chi connectivity index (χ2v) is 4.24. The molecule has 1 aromatic rings. The van der Waals surface area contributed by atoms with Gasteiger partial charge in [0.2, 0.25) is 0 Å². The first kappa shape index (κ1) is 14.8. The van der Waals surface area contributed by atoms with Crippen LogP contribution in [0.5, 0.6) is 5.75 Å². The molecular weight excluding hydrogens is 228 g/mol. The minimum Gasteiger partial charge on any atom is -0.491 e. The van der Waals surface area contributed by atoms with Crippen LogP contribution in [0.4, 0.5) is 5.69 Å². The van der Waals surface area contributed by atoms with Crippen molar-refractivity contribution in [3.8, 4) is 5.75 Å². The maximum Gasteiger partial charge on any atom is 0.142 e. The summed E-state index contributed by atoms with van der Waals surface area (Å²) in [5, 5.41) is 0. The Balaban J connectivity index is 2.09. The lowest BCUT2D eigenvalue weighted by Crippen LogP contribution is -2.25. The zero-order chi connectivity index (χ0) is 13.2. The van der Waals surface area contributed by atoms with Crippen LogP contribution in [-0.4, -0.2) is 44.9 Å². The van der Waals surface area contributed by atoms with Gasteiger partial charge in [0.1, 0.15) is 5.75 Å². The molecule has 1 rings (SSSR count). The number of hydrogen-bond acceptors (Lipinski definition) is 4. The second kappa shape index (κ2) is 8.78. The molecule has 0 radical (unpaired) electrons. The van der Waals surface area contributed by atoms with Crippen molar-refractivity contribution in [2.45, 2.75) is 13.3 Å².